The van der Waals surface area contributed by atoms with Crippen molar-refractivity contribution in [3.8, 4) is 0 Å². The van der Waals surface area contributed by atoms with Gasteiger partial charge in [-0.3, -0.25) is 9.59 Å². The number of hydrogen-bond donors (Lipinski definition) is 1. The fourth-order valence-electron chi connectivity index (χ4n) is 1.42. The summed E-state index contributed by atoms with van der Waals surface area (Å²) in [5.41, 5.74) is 0. The summed E-state index contributed by atoms with van der Waals surface area (Å²) in [7, 11) is 0. The highest BCUT2D eigenvalue weighted by molar-refractivity contribution is 5.93. The summed E-state index contributed by atoms with van der Waals surface area (Å²) in [6.07, 6.45) is 4.12. The van der Waals surface area contributed by atoms with Crippen molar-refractivity contribution < 1.29 is 14.1 Å². The maximum absolute atomic E-state index is 11.7. The Morgan fingerprint density at radius 3 is 2.94 bits per heavy atom. The Morgan fingerprint density at radius 2 is 2.39 bits per heavy atom. The van der Waals surface area contributed by atoms with Crippen molar-refractivity contribution in [3.63, 3.8) is 0 Å². The first-order chi connectivity index (χ1) is 8.67. The predicted molar refractivity (Wildman–Crippen MR) is 66.8 cm³/mol. The van der Waals surface area contributed by atoms with Gasteiger partial charge in [-0.15, -0.1) is 6.58 Å². The molecule has 0 aliphatic heterocycles. The maximum atomic E-state index is 11.7. The van der Waals surface area contributed by atoms with Crippen LogP contribution in [0.2, 0.25) is 0 Å². The molecule has 0 unspecified atom stereocenters. The lowest BCUT2D eigenvalue weighted by Gasteiger charge is -2.19. The highest BCUT2D eigenvalue weighted by atomic mass is 16.5. The molecule has 0 saturated carbocycles. The van der Waals surface area contributed by atoms with E-state index in [0.29, 0.717) is 18.8 Å². The van der Waals surface area contributed by atoms with Gasteiger partial charge in [0.15, 0.2) is 5.82 Å². The molecule has 0 aromatic carbocycles. The molecule has 0 aliphatic carbocycles. The minimum absolute atomic E-state index is 0.0162. The molecule has 2 amide bonds. The third-order valence-electron chi connectivity index (χ3n) is 2.21. The summed E-state index contributed by atoms with van der Waals surface area (Å²) in [6, 6.07) is 1.53. The molecule has 0 aliphatic rings. The minimum atomic E-state index is -0.310. The van der Waals surface area contributed by atoms with Crippen LogP contribution in [0.3, 0.4) is 0 Å². The van der Waals surface area contributed by atoms with Crippen molar-refractivity contribution in [2.24, 2.45) is 0 Å². The Bertz CT molecular complexity index is 401. The molecular formula is C12H17N3O3. The summed E-state index contributed by atoms with van der Waals surface area (Å²) in [5.74, 6) is -0.0376. The summed E-state index contributed by atoms with van der Waals surface area (Å²) in [6.45, 7) is 5.83. The molecule has 0 saturated heterocycles. The van der Waals surface area contributed by atoms with Crippen LogP contribution in [-0.2, 0) is 9.59 Å². The van der Waals surface area contributed by atoms with Crippen LogP contribution < -0.4 is 5.32 Å². The number of nitrogens with zero attached hydrogens (tertiary/aromatic N) is 2. The van der Waals surface area contributed by atoms with E-state index in [1.807, 2.05) is 6.92 Å². The van der Waals surface area contributed by atoms with Crippen molar-refractivity contribution in [1.29, 1.82) is 0 Å². The standard InChI is InChI=1S/C12H17N3O3/c1-3-5-12(17)15(7-4-2)9-11(16)13-10-6-8-18-14-10/h4,6,8H,2-3,5,7,9H2,1H3,(H,13,14,16). The first kappa shape index (κ1) is 14.0. The second-order valence-corrected chi connectivity index (χ2v) is 3.75. The first-order valence-electron chi connectivity index (χ1n) is 5.76. The van der Waals surface area contributed by atoms with Gasteiger partial charge >= 0.3 is 0 Å². The van der Waals surface area contributed by atoms with Crippen LogP contribution in [0.4, 0.5) is 5.82 Å². The molecule has 18 heavy (non-hydrogen) atoms. The number of anilines is 1. The number of amides is 2. The fourth-order valence-corrected chi connectivity index (χ4v) is 1.42. The molecule has 0 fully saturated rings. The molecule has 0 spiro atoms. The van der Waals surface area contributed by atoms with Crippen molar-refractivity contribution in [2.45, 2.75) is 19.8 Å². The molecule has 1 rings (SSSR count). The molecule has 1 heterocycles. The number of aromatic nitrogens is 1. The lowest BCUT2D eigenvalue weighted by molar-refractivity contribution is -0.134. The fraction of sp³-hybridized carbons (Fsp3) is 0.417. The Balaban J connectivity index is 2.51. The van der Waals surface area contributed by atoms with E-state index < -0.39 is 0 Å². The third kappa shape index (κ3) is 4.40. The number of rotatable bonds is 7. The zero-order valence-electron chi connectivity index (χ0n) is 10.4. The normalized spacial score (nSPS) is 9.83. The van der Waals surface area contributed by atoms with E-state index in [-0.39, 0.29) is 18.4 Å². The monoisotopic (exact) mass is 251 g/mol. The summed E-state index contributed by atoms with van der Waals surface area (Å²) in [4.78, 5) is 24.9. The Labute approximate surface area is 106 Å². The lowest BCUT2D eigenvalue weighted by Crippen LogP contribution is -2.38. The third-order valence-corrected chi connectivity index (χ3v) is 2.21. The highest BCUT2D eigenvalue weighted by Gasteiger charge is 2.15. The van der Waals surface area contributed by atoms with E-state index >= 15 is 0 Å². The van der Waals surface area contributed by atoms with Gasteiger partial charge in [-0.05, 0) is 6.42 Å². The smallest absolute Gasteiger partial charge is 0.245 e. The van der Waals surface area contributed by atoms with Crippen molar-refractivity contribution in [3.05, 3.63) is 25.0 Å². The molecule has 0 atom stereocenters. The van der Waals surface area contributed by atoms with E-state index in [4.69, 9.17) is 0 Å². The van der Waals surface area contributed by atoms with Crippen LogP contribution >= 0.6 is 0 Å². The van der Waals surface area contributed by atoms with Gasteiger partial charge in [-0.1, -0.05) is 18.2 Å². The van der Waals surface area contributed by atoms with Gasteiger partial charge in [0, 0.05) is 19.0 Å². The number of hydrogen-bond acceptors (Lipinski definition) is 4. The van der Waals surface area contributed by atoms with Gasteiger partial charge in [0.2, 0.25) is 11.8 Å². The van der Waals surface area contributed by atoms with Crippen LogP contribution in [-0.4, -0.2) is 35.0 Å². The maximum Gasteiger partial charge on any atom is 0.245 e. The molecule has 1 aromatic rings. The average molecular weight is 251 g/mol. The second-order valence-electron chi connectivity index (χ2n) is 3.75. The highest BCUT2D eigenvalue weighted by Crippen LogP contribution is 2.03. The van der Waals surface area contributed by atoms with Crippen molar-refractivity contribution in [1.82, 2.24) is 10.1 Å². The van der Waals surface area contributed by atoms with Gasteiger partial charge in [0.05, 0.1) is 0 Å². The number of carbonyl (C=O) groups excluding carboxylic acids is 2. The van der Waals surface area contributed by atoms with Crippen LogP contribution in [0.5, 0.6) is 0 Å². The average Bonchev–Trinajstić information content (AvgIpc) is 2.81. The van der Waals surface area contributed by atoms with Crippen molar-refractivity contribution >= 4 is 17.6 Å². The van der Waals surface area contributed by atoms with E-state index in [1.54, 1.807) is 6.08 Å². The minimum Gasteiger partial charge on any atom is -0.363 e. The second kappa shape index (κ2) is 7.26. The van der Waals surface area contributed by atoms with Crippen LogP contribution in [0, 0.1) is 0 Å². The number of nitrogens with one attached hydrogen (secondary N) is 1. The molecular weight excluding hydrogens is 234 g/mol. The van der Waals surface area contributed by atoms with Gasteiger partial charge in [0.1, 0.15) is 12.8 Å². The first-order valence-corrected chi connectivity index (χ1v) is 5.76. The van der Waals surface area contributed by atoms with Gasteiger partial charge < -0.3 is 14.7 Å². The topological polar surface area (TPSA) is 75.4 Å². The lowest BCUT2D eigenvalue weighted by atomic mass is 10.3. The quantitative estimate of drug-likeness (QED) is 0.744. The molecule has 1 aromatic heterocycles. The molecule has 6 heteroatoms. The van der Waals surface area contributed by atoms with Crippen LogP contribution in [0.25, 0.3) is 0 Å². The molecule has 1 N–H and O–H groups in total. The molecule has 98 valence electrons. The summed E-state index contributed by atoms with van der Waals surface area (Å²) >= 11 is 0. The van der Waals surface area contributed by atoms with E-state index in [9.17, 15) is 9.59 Å². The van der Waals surface area contributed by atoms with Crippen molar-refractivity contribution in [2.75, 3.05) is 18.4 Å². The zero-order valence-corrected chi connectivity index (χ0v) is 10.4. The van der Waals surface area contributed by atoms with E-state index in [2.05, 4.69) is 21.6 Å². The van der Waals surface area contributed by atoms with Crippen LogP contribution in [0.15, 0.2) is 29.5 Å². The number of carbonyl (C=O) groups is 2. The Kier molecular flexibility index (Phi) is 5.63. The predicted octanol–water partition coefficient (Wildman–Crippen LogP) is 1.43. The summed E-state index contributed by atoms with van der Waals surface area (Å²) < 4.78 is 4.59. The molecule has 6 nitrogen and oxygen atoms in total. The Morgan fingerprint density at radius 1 is 1.61 bits per heavy atom. The zero-order chi connectivity index (χ0) is 13.4. The van der Waals surface area contributed by atoms with Crippen LogP contribution in [0.1, 0.15) is 19.8 Å². The van der Waals surface area contributed by atoms with Gasteiger partial charge in [-0.2, -0.15) is 0 Å². The molecule has 0 radical (unpaired) electrons. The SMILES string of the molecule is C=CCN(CC(=O)Nc1ccon1)C(=O)CCC. The van der Waals surface area contributed by atoms with E-state index in [1.165, 1.54) is 17.2 Å². The largest absolute Gasteiger partial charge is 0.363 e. The molecule has 0 bridgehead atoms. The Hall–Kier alpha value is -2.11. The van der Waals surface area contributed by atoms with E-state index in [0.717, 1.165) is 6.42 Å². The summed E-state index contributed by atoms with van der Waals surface area (Å²) in [5, 5.41) is 6.10. The van der Waals surface area contributed by atoms with Gasteiger partial charge in [0.25, 0.3) is 0 Å². The van der Waals surface area contributed by atoms with Gasteiger partial charge in [-0.25, -0.2) is 0 Å².